The Morgan fingerprint density at radius 2 is 1.68 bits per heavy atom. The van der Waals surface area contributed by atoms with Gasteiger partial charge in [0.15, 0.2) is 0 Å². The van der Waals surface area contributed by atoms with Gasteiger partial charge < -0.3 is 28.6 Å². The SMILES string of the molecule is CCCCOC(=O)C(C)=COCC[N+](C)(C)C.O=P(O)(O)O. The van der Waals surface area contributed by atoms with Crippen molar-refractivity contribution in [1.82, 2.24) is 0 Å². The monoisotopic (exact) mass is 342 g/mol. The van der Waals surface area contributed by atoms with Crippen LogP contribution < -0.4 is 0 Å². The maximum Gasteiger partial charge on any atom is 0.466 e. The third-order valence-corrected chi connectivity index (χ3v) is 2.19. The summed E-state index contributed by atoms with van der Waals surface area (Å²) in [5.74, 6) is -0.288. The second kappa shape index (κ2) is 11.6. The molecule has 0 rings (SSSR count). The largest absolute Gasteiger partial charge is 0.495 e. The number of hydrogen-bond acceptors (Lipinski definition) is 4. The van der Waals surface area contributed by atoms with Crippen molar-refractivity contribution in [3.05, 3.63) is 11.8 Å². The Kier molecular flexibility index (Phi) is 12.3. The van der Waals surface area contributed by atoms with E-state index in [2.05, 4.69) is 28.1 Å². The maximum atomic E-state index is 11.4. The third-order valence-electron chi connectivity index (χ3n) is 2.19. The topological polar surface area (TPSA) is 113 Å². The average molecular weight is 342 g/mol. The van der Waals surface area contributed by atoms with Crippen molar-refractivity contribution in [1.29, 1.82) is 0 Å². The van der Waals surface area contributed by atoms with Gasteiger partial charge in [-0.25, -0.2) is 9.36 Å². The van der Waals surface area contributed by atoms with Crippen LogP contribution in [0.3, 0.4) is 0 Å². The molecule has 0 radical (unpaired) electrons. The normalized spacial score (nSPS) is 12.3. The minimum atomic E-state index is -4.64. The number of phosphoric acid groups is 1. The molecule has 0 saturated carbocycles. The summed E-state index contributed by atoms with van der Waals surface area (Å²) in [4.78, 5) is 33.0. The van der Waals surface area contributed by atoms with E-state index < -0.39 is 7.82 Å². The Morgan fingerprint density at radius 1 is 1.18 bits per heavy atom. The highest BCUT2D eigenvalue weighted by molar-refractivity contribution is 7.45. The van der Waals surface area contributed by atoms with Gasteiger partial charge in [-0.3, -0.25) is 0 Å². The van der Waals surface area contributed by atoms with Crippen molar-refractivity contribution in [3.63, 3.8) is 0 Å². The highest BCUT2D eigenvalue weighted by atomic mass is 31.2. The molecule has 0 aliphatic heterocycles. The molecule has 0 fully saturated rings. The molecule has 0 aromatic carbocycles. The van der Waals surface area contributed by atoms with Crippen LogP contribution in [0.2, 0.25) is 0 Å². The Labute approximate surface area is 132 Å². The van der Waals surface area contributed by atoms with Crippen LogP contribution in [0.4, 0.5) is 0 Å². The van der Waals surface area contributed by atoms with Crippen LogP contribution in [0, 0.1) is 0 Å². The molecule has 0 heterocycles. The molecule has 0 amide bonds. The van der Waals surface area contributed by atoms with Crippen LogP contribution in [0.25, 0.3) is 0 Å². The summed E-state index contributed by atoms with van der Waals surface area (Å²) in [6.45, 7) is 5.75. The molecular weight excluding hydrogens is 313 g/mol. The number of unbranched alkanes of at least 4 members (excludes halogenated alkanes) is 1. The van der Waals surface area contributed by atoms with E-state index in [1.165, 1.54) is 6.26 Å². The second-order valence-corrected chi connectivity index (χ2v) is 6.71. The number of carbonyl (C=O) groups is 1. The molecule has 8 nitrogen and oxygen atoms in total. The fourth-order valence-electron chi connectivity index (χ4n) is 0.982. The fraction of sp³-hybridized carbons (Fsp3) is 0.769. The summed E-state index contributed by atoms with van der Waals surface area (Å²) < 4.78 is 20.1. The summed E-state index contributed by atoms with van der Waals surface area (Å²) in [5.41, 5.74) is 0.516. The zero-order chi connectivity index (χ0) is 17.8. The Hall–Kier alpha value is -0.920. The summed E-state index contributed by atoms with van der Waals surface area (Å²) in [6.07, 6.45) is 3.42. The van der Waals surface area contributed by atoms with Crippen LogP contribution in [0.5, 0.6) is 0 Å². The van der Waals surface area contributed by atoms with Crippen LogP contribution >= 0.6 is 7.82 Å². The molecule has 0 bridgehead atoms. The summed E-state index contributed by atoms with van der Waals surface area (Å²) in [7, 11) is 1.65. The van der Waals surface area contributed by atoms with Crippen LogP contribution in [0.1, 0.15) is 26.7 Å². The second-order valence-electron chi connectivity index (χ2n) is 5.69. The summed E-state index contributed by atoms with van der Waals surface area (Å²) in [5, 5.41) is 0. The van der Waals surface area contributed by atoms with Gasteiger partial charge in [-0.15, -0.1) is 0 Å². The molecule has 0 spiro atoms. The minimum Gasteiger partial charge on any atom is -0.495 e. The van der Waals surface area contributed by atoms with E-state index in [4.69, 9.17) is 28.7 Å². The van der Waals surface area contributed by atoms with Gasteiger partial charge in [0.2, 0.25) is 0 Å². The van der Waals surface area contributed by atoms with Gasteiger partial charge in [0, 0.05) is 0 Å². The van der Waals surface area contributed by atoms with E-state index in [1.54, 1.807) is 6.92 Å². The maximum absolute atomic E-state index is 11.4. The van der Waals surface area contributed by atoms with E-state index in [9.17, 15) is 4.79 Å². The molecule has 0 atom stereocenters. The molecule has 22 heavy (non-hydrogen) atoms. The predicted octanol–water partition coefficient (Wildman–Crippen LogP) is 1.03. The molecule has 9 heteroatoms. The Morgan fingerprint density at radius 3 is 2.09 bits per heavy atom. The quantitative estimate of drug-likeness (QED) is 0.151. The number of hydrogen-bond donors (Lipinski definition) is 3. The number of nitrogens with zero attached hydrogens (tertiary/aromatic N) is 1. The molecule has 132 valence electrons. The highest BCUT2D eigenvalue weighted by Crippen LogP contribution is 2.25. The van der Waals surface area contributed by atoms with Crippen molar-refractivity contribution in [2.24, 2.45) is 0 Å². The molecule has 0 unspecified atom stereocenters. The first-order valence-corrected chi connectivity index (χ1v) is 8.47. The van der Waals surface area contributed by atoms with Crippen molar-refractivity contribution in [3.8, 4) is 0 Å². The molecule has 0 aromatic rings. The van der Waals surface area contributed by atoms with Gasteiger partial charge in [0.1, 0.15) is 13.2 Å². The zero-order valence-electron chi connectivity index (χ0n) is 14.0. The van der Waals surface area contributed by atoms with Gasteiger partial charge in [-0.2, -0.15) is 0 Å². The molecule has 0 aromatic heterocycles. The van der Waals surface area contributed by atoms with Gasteiger partial charge >= 0.3 is 13.8 Å². The van der Waals surface area contributed by atoms with Crippen LogP contribution in [0.15, 0.2) is 11.8 Å². The number of likely N-dealkylation sites (N-methyl/N-ethyl adjacent to an activating group) is 1. The van der Waals surface area contributed by atoms with E-state index in [0.29, 0.717) is 18.8 Å². The first kappa shape index (κ1) is 23.3. The number of carbonyl (C=O) groups excluding carboxylic acids is 1. The van der Waals surface area contributed by atoms with Crippen molar-refractivity contribution in [2.45, 2.75) is 26.7 Å². The zero-order valence-corrected chi connectivity index (χ0v) is 14.9. The van der Waals surface area contributed by atoms with Gasteiger partial charge in [0.05, 0.1) is 39.6 Å². The van der Waals surface area contributed by atoms with E-state index in [1.807, 2.05) is 0 Å². The Bertz CT molecular complexity index is 376. The highest BCUT2D eigenvalue weighted by Gasteiger charge is 2.07. The van der Waals surface area contributed by atoms with Crippen LogP contribution in [-0.2, 0) is 18.8 Å². The minimum absolute atomic E-state index is 0.288. The van der Waals surface area contributed by atoms with E-state index in [-0.39, 0.29) is 5.97 Å². The summed E-state index contributed by atoms with van der Waals surface area (Å²) >= 11 is 0. The van der Waals surface area contributed by atoms with E-state index in [0.717, 1.165) is 23.9 Å². The molecule has 0 saturated heterocycles. The smallest absolute Gasteiger partial charge is 0.466 e. The molecule has 3 N–H and O–H groups in total. The number of ether oxygens (including phenoxy) is 2. The first-order chi connectivity index (χ1) is 9.87. The molecule has 0 aliphatic rings. The van der Waals surface area contributed by atoms with Crippen LogP contribution in [-0.4, -0.2) is 66.0 Å². The van der Waals surface area contributed by atoms with Gasteiger partial charge in [-0.1, -0.05) is 13.3 Å². The number of esters is 1. The Balaban J connectivity index is 0. The lowest BCUT2D eigenvalue weighted by molar-refractivity contribution is -0.870. The van der Waals surface area contributed by atoms with Gasteiger partial charge in [-0.05, 0) is 13.3 Å². The third kappa shape index (κ3) is 24.1. The standard InChI is InChI=1S/C13H26NO3.H3O4P/c1-6-7-9-17-13(15)12(2)11-16-10-8-14(3,4)5;1-5(2,3)4/h11H,6-10H2,1-5H3;(H3,1,2,3,4)/q+1;. The first-order valence-electron chi connectivity index (χ1n) is 6.91. The fourth-order valence-corrected chi connectivity index (χ4v) is 0.982. The van der Waals surface area contributed by atoms with Crippen molar-refractivity contribution >= 4 is 13.8 Å². The molecular formula is C13H29NO7P+. The molecule has 0 aliphatic carbocycles. The average Bonchev–Trinajstić information content (AvgIpc) is 2.31. The lowest BCUT2D eigenvalue weighted by Crippen LogP contribution is -2.37. The number of quaternary nitrogens is 1. The number of rotatable bonds is 8. The van der Waals surface area contributed by atoms with Crippen molar-refractivity contribution < 1.29 is 38.0 Å². The van der Waals surface area contributed by atoms with Crippen molar-refractivity contribution in [2.75, 3.05) is 40.9 Å². The lowest BCUT2D eigenvalue weighted by Gasteiger charge is -2.23. The van der Waals surface area contributed by atoms with E-state index >= 15 is 0 Å². The van der Waals surface area contributed by atoms with Gasteiger partial charge in [0.25, 0.3) is 0 Å². The predicted molar refractivity (Wildman–Crippen MR) is 82.7 cm³/mol. The lowest BCUT2D eigenvalue weighted by atomic mass is 10.3. The summed E-state index contributed by atoms with van der Waals surface area (Å²) in [6, 6.07) is 0.